The van der Waals surface area contributed by atoms with Gasteiger partial charge in [0.15, 0.2) is 0 Å². The first-order valence-corrected chi connectivity index (χ1v) is 8.43. The number of benzene rings is 2. The fourth-order valence-electron chi connectivity index (χ4n) is 2.89. The van der Waals surface area contributed by atoms with Gasteiger partial charge in [-0.15, -0.1) is 0 Å². The van der Waals surface area contributed by atoms with Crippen molar-refractivity contribution in [2.45, 2.75) is 51.9 Å². The molecule has 0 saturated heterocycles. The Kier molecular flexibility index (Phi) is 6.00. The minimum absolute atomic E-state index is 0.148. The molecule has 0 nitrogen and oxygen atoms in total. The fraction of sp³-hybridized carbons (Fsp3) is 0.364. The molecule has 0 unspecified atom stereocenters. The molecule has 0 amide bonds. The molecule has 0 saturated carbocycles. The van der Waals surface area contributed by atoms with Crippen molar-refractivity contribution in [3.05, 3.63) is 77.9 Å². The molecule has 0 aromatic heterocycles. The Labute approximate surface area is 135 Å². The van der Waals surface area contributed by atoms with Gasteiger partial charge in [0.05, 0.1) is 0 Å². The largest absolute Gasteiger partial charge is 0.0807 e. The SMILES string of the molecule is CCCCC=C(CC(C)(C)c1ccccc1)c1ccccc1. The summed E-state index contributed by atoms with van der Waals surface area (Å²) in [6.07, 6.45) is 7.21. The predicted molar refractivity (Wildman–Crippen MR) is 98.0 cm³/mol. The standard InChI is InChI=1S/C22H28/c1-4-5-8-15-20(19-13-9-6-10-14-19)18-22(2,3)21-16-11-7-12-17-21/h6-7,9-17H,4-5,8,18H2,1-3H3. The van der Waals surface area contributed by atoms with Crippen LogP contribution in [0.3, 0.4) is 0 Å². The fourth-order valence-corrected chi connectivity index (χ4v) is 2.89. The predicted octanol–water partition coefficient (Wildman–Crippen LogP) is 6.63. The van der Waals surface area contributed by atoms with Crippen LogP contribution in [0.2, 0.25) is 0 Å². The molecule has 2 aromatic rings. The van der Waals surface area contributed by atoms with Gasteiger partial charge in [0, 0.05) is 0 Å². The Morgan fingerprint density at radius 2 is 1.50 bits per heavy atom. The zero-order valence-corrected chi connectivity index (χ0v) is 14.2. The first-order chi connectivity index (χ1) is 10.6. The molecule has 116 valence electrons. The Balaban J connectivity index is 2.24. The maximum atomic E-state index is 2.45. The summed E-state index contributed by atoms with van der Waals surface area (Å²) in [5, 5.41) is 0. The van der Waals surface area contributed by atoms with E-state index < -0.39 is 0 Å². The van der Waals surface area contributed by atoms with Gasteiger partial charge in [0.25, 0.3) is 0 Å². The molecule has 0 radical (unpaired) electrons. The van der Waals surface area contributed by atoms with Crippen molar-refractivity contribution in [1.82, 2.24) is 0 Å². The van der Waals surface area contributed by atoms with Gasteiger partial charge in [-0.3, -0.25) is 0 Å². The Morgan fingerprint density at radius 1 is 0.909 bits per heavy atom. The molecule has 0 N–H and O–H groups in total. The maximum absolute atomic E-state index is 2.45. The van der Waals surface area contributed by atoms with Gasteiger partial charge < -0.3 is 0 Å². The monoisotopic (exact) mass is 292 g/mol. The third kappa shape index (κ3) is 4.59. The van der Waals surface area contributed by atoms with Gasteiger partial charge in [0.1, 0.15) is 0 Å². The lowest BCUT2D eigenvalue weighted by Gasteiger charge is -2.27. The number of hydrogen-bond donors (Lipinski definition) is 0. The minimum Gasteiger partial charge on any atom is -0.0807 e. The van der Waals surface area contributed by atoms with Gasteiger partial charge in [-0.05, 0) is 35.0 Å². The highest BCUT2D eigenvalue weighted by atomic mass is 14.3. The molecule has 2 aromatic carbocycles. The molecular formula is C22H28. The first kappa shape index (κ1) is 16.5. The molecule has 0 spiro atoms. The van der Waals surface area contributed by atoms with Gasteiger partial charge >= 0.3 is 0 Å². The van der Waals surface area contributed by atoms with Crippen LogP contribution in [0, 0.1) is 0 Å². The second-order valence-corrected chi connectivity index (χ2v) is 6.66. The van der Waals surface area contributed by atoms with Crippen LogP contribution in [0.15, 0.2) is 66.7 Å². The first-order valence-electron chi connectivity index (χ1n) is 8.43. The second-order valence-electron chi connectivity index (χ2n) is 6.66. The topological polar surface area (TPSA) is 0 Å². The Hall–Kier alpha value is -1.82. The average molecular weight is 292 g/mol. The van der Waals surface area contributed by atoms with Crippen molar-refractivity contribution >= 4 is 5.57 Å². The minimum atomic E-state index is 0.148. The van der Waals surface area contributed by atoms with Crippen molar-refractivity contribution in [2.75, 3.05) is 0 Å². The number of hydrogen-bond acceptors (Lipinski definition) is 0. The molecule has 2 rings (SSSR count). The second kappa shape index (κ2) is 7.98. The summed E-state index contributed by atoms with van der Waals surface area (Å²) in [4.78, 5) is 0. The lowest BCUT2D eigenvalue weighted by atomic mass is 9.77. The average Bonchev–Trinajstić information content (AvgIpc) is 2.56. The van der Waals surface area contributed by atoms with Gasteiger partial charge in [-0.25, -0.2) is 0 Å². The molecule has 0 heterocycles. The normalized spacial score (nSPS) is 12.4. The highest BCUT2D eigenvalue weighted by Crippen LogP contribution is 2.34. The smallest absolute Gasteiger partial charge is 0.00631 e. The van der Waals surface area contributed by atoms with Crippen LogP contribution < -0.4 is 0 Å². The van der Waals surface area contributed by atoms with Gasteiger partial charge in [-0.1, -0.05) is 100 Å². The van der Waals surface area contributed by atoms with E-state index in [2.05, 4.69) is 87.5 Å². The van der Waals surface area contributed by atoms with Crippen LogP contribution in [0.1, 0.15) is 57.6 Å². The van der Waals surface area contributed by atoms with Crippen LogP contribution in [0.5, 0.6) is 0 Å². The maximum Gasteiger partial charge on any atom is -0.00631 e. The van der Waals surface area contributed by atoms with Crippen molar-refractivity contribution in [3.8, 4) is 0 Å². The Morgan fingerprint density at radius 3 is 2.09 bits per heavy atom. The molecule has 0 heteroatoms. The van der Waals surface area contributed by atoms with E-state index in [9.17, 15) is 0 Å². The number of unbranched alkanes of at least 4 members (excludes halogenated alkanes) is 2. The third-order valence-corrected chi connectivity index (χ3v) is 4.28. The van der Waals surface area contributed by atoms with E-state index in [0.717, 1.165) is 6.42 Å². The summed E-state index contributed by atoms with van der Waals surface area (Å²) in [5.74, 6) is 0. The molecule has 22 heavy (non-hydrogen) atoms. The molecule has 0 aliphatic carbocycles. The van der Waals surface area contributed by atoms with Crippen LogP contribution >= 0.6 is 0 Å². The summed E-state index contributed by atoms with van der Waals surface area (Å²) >= 11 is 0. The molecule has 0 atom stereocenters. The lowest BCUT2D eigenvalue weighted by molar-refractivity contribution is 0.541. The van der Waals surface area contributed by atoms with E-state index in [4.69, 9.17) is 0 Å². The van der Waals surface area contributed by atoms with Gasteiger partial charge in [-0.2, -0.15) is 0 Å². The molecule has 0 fully saturated rings. The summed E-state index contributed by atoms with van der Waals surface area (Å²) in [6.45, 7) is 6.95. The number of rotatable bonds is 7. The van der Waals surface area contributed by atoms with Crippen LogP contribution in [-0.2, 0) is 5.41 Å². The van der Waals surface area contributed by atoms with E-state index in [1.54, 1.807) is 0 Å². The molecule has 0 aliphatic heterocycles. The summed E-state index contributed by atoms with van der Waals surface area (Å²) < 4.78 is 0. The van der Waals surface area contributed by atoms with Crippen LogP contribution in [-0.4, -0.2) is 0 Å². The van der Waals surface area contributed by atoms with E-state index in [0.29, 0.717) is 0 Å². The summed E-state index contributed by atoms with van der Waals surface area (Å²) in [6, 6.07) is 21.7. The summed E-state index contributed by atoms with van der Waals surface area (Å²) in [5.41, 5.74) is 4.40. The summed E-state index contributed by atoms with van der Waals surface area (Å²) in [7, 11) is 0. The van der Waals surface area contributed by atoms with E-state index >= 15 is 0 Å². The number of allylic oxidation sites excluding steroid dienone is 2. The van der Waals surface area contributed by atoms with Crippen molar-refractivity contribution < 1.29 is 0 Å². The zero-order chi connectivity index (χ0) is 15.8. The van der Waals surface area contributed by atoms with Crippen molar-refractivity contribution in [3.63, 3.8) is 0 Å². The lowest BCUT2D eigenvalue weighted by Crippen LogP contribution is -2.17. The highest BCUT2D eigenvalue weighted by Gasteiger charge is 2.22. The van der Waals surface area contributed by atoms with Crippen molar-refractivity contribution in [1.29, 1.82) is 0 Å². The molecule has 0 bridgehead atoms. The van der Waals surface area contributed by atoms with Crippen molar-refractivity contribution in [2.24, 2.45) is 0 Å². The molecule has 0 aliphatic rings. The van der Waals surface area contributed by atoms with Crippen LogP contribution in [0.25, 0.3) is 5.57 Å². The van der Waals surface area contributed by atoms with E-state index in [-0.39, 0.29) is 5.41 Å². The molecular weight excluding hydrogens is 264 g/mol. The van der Waals surface area contributed by atoms with E-state index in [1.165, 1.54) is 36.0 Å². The quantitative estimate of drug-likeness (QED) is 0.502. The zero-order valence-electron chi connectivity index (χ0n) is 14.2. The van der Waals surface area contributed by atoms with Gasteiger partial charge in [0.2, 0.25) is 0 Å². The third-order valence-electron chi connectivity index (χ3n) is 4.28. The highest BCUT2D eigenvalue weighted by molar-refractivity contribution is 5.66. The van der Waals surface area contributed by atoms with Crippen LogP contribution in [0.4, 0.5) is 0 Å². The Bertz CT molecular complexity index is 576. The van der Waals surface area contributed by atoms with E-state index in [1.807, 2.05) is 0 Å².